The summed E-state index contributed by atoms with van der Waals surface area (Å²) in [6.45, 7) is 2.79. The van der Waals surface area contributed by atoms with Gasteiger partial charge in [0, 0.05) is 19.2 Å². The Morgan fingerprint density at radius 2 is 2.33 bits per heavy atom. The number of aliphatic hydroxyl groups excluding tert-OH is 1. The summed E-state index contributed by atoms with van der Waals surface area (Å²) in [6, 6.07) is 0.628. The van der Waals surface area contributed by atoms with Crippen LogP contribution in [-0.4, -0.2) is 37.0 Å². The van der Waals surface area contributed by atoms with Crippen LogP contribution in [0, 0.1) is 0 Å². The summed E-state index contributed by atoms with van der Waals surface area (Å²) in [5.41, 5.74) is 0. The largest absolute Gasteiger partial charge is 0.392 e. The van der Waals surface area contributed by atoms with E-state index >= 15 is 0 Å². The molecule has 0 amide bonds. The van der Waals surface area contributed by atoms with E-state index < -0.39 is 0 Å². The lowest BCUT2D eigenvalue weighted by molar-refractivity contribution is 0.122. The normalized spacial score (nSPS) is 32.2. The molecule has 1 aliphatic carbocycles. The van der Waals surface area contributed by atoms with E-state index in [1.54, 1.807) is 7.11 Å². The maximum atomic E-state index is 9.50. The van der Waals surface area contributed by atoms with Gasteiger partial charge in [-0.2, -0.15) is 0 Å². The van der Waals surface area contributed by atoms with Gasteiger partial charge in [-0.1, -0.05) is 0 Å². The Bertz CT molecular complexity index is 130. The number of hydrogen-bond acceptors (Lipinski definition) is 3. The van der Waals surface area contributed by atoms with Crippen molar-refractivity contribution in [1.29, 1.82) is 0 Å². The van der Waals surface area contributed by atoms with Crippen molar-refractivity contribution >= 4 is 0 Å². The molecule has 0 aromatic heterocycles. The van der Waals surface area contributed by atoms with Crippen molar-refractivity contribution in [2.75, 3.05) is 13.7 Å². The molecule has 0 saturated heterocycles. The third-order valence-electron chi connectivity index (χ3n) is 2.39. The van der Waals surface area contributed by atoms with Gasteiger partial charge in [0.1, 0.15) is 0 Å². The van der Waals surface area contributed by atoms with Gasteiger partial charge in [-0.05, 0) is 26.2 Å². The molecular weight excluding hydrogens is 154 g/mol. The lowest BCUT2D eigenvalue weighted by atomic mass is 10.2. The molecule has 0 aromatic rings. The van der Waals surface area contributed by atoms with Crippen molar-refractivity contribution in [3.63, 3.8) is 0 Å². The molecule has 2 N–H and O–H groups in total. The van der Waals surface area contributed by atoms with Crippen molar-refractivity contribution in [2.45, 2.75) is 44.4 Å². The summed E-state index contributed by atoms with van der Waals surface area (Å²) in [4.78, 5) is 0. The van der Waals surface area contributed by atoms with Crippen molar-refractivity contribution in [1.82, 2.24) is 5.32 Å². The average molecular weight is 173 g/mol. The summed E-state index contributed by atoms with van der Waals surface area (Å²) in [5, 5.41) is 12.9. The highest BCUT2D eigenvalue weighted by Crippen LogP contribution is 2.18. The van der Waals surface area contributed by atoms with Gasteiger partial charge in [-0.15, -0.1) is 0 Å². The van der Waals surface area contributed by atoms with Gasteiger partial charge in [0.2, 0.25) is 0 Å². The summed E-state index contributed by atoms with van der Waals surface area (Å²) in [6.07, 6.45) is 3.02. The van der Waals surface area contributed by atoms with Gasteiger partial charge in [0.05, 0.1) is 12.7 Å². The summed E-state index contributed by atoms with van der Waals surface area (Å²) >= 11 is 0. The first kappa shape index (κ1) is 9.96. The predicted octanol–water partition coefficient (Wildman–Crippen LogP) is 0.524. The van der Waals surface area contributed by atoms with E-state index in [2.05, 4.69) is 12.2 Å². The molecule has 1 fully saturated rings. The molecule has 0 aliphatic heterocycles. The third-order valence-corrected chi connectivity index (χ3v) is 2.39. The smallest absolute Gasteiger partial charge is 0.0693 e. The fraction of sp³-hybridized carbons (Fsp3) is 1.00. The van der Waals surface area contributed by atoms with Gasteiger partial charge in [-0.3, -0.25) is 0 Å². The van der Waals surface area contributed by atoms with Crippen LogP contribution in [0.2, 0.25) is 0 Å². The van der Waals surface area contributed by atoms with Crippen LogP contribution in [0.25, 0.3) is 0 Å². The molecular formula is C9H19NO2. The van der Waals surface area contributed by atoms with E-state index in [9.17, 15) is 5.11 Å². The Labute approximate surface area is 74.1 Å². The average Bonchev–Trinajstić information content (AvgIpc) is 2.37. The number of ether oxygens (including phenoxy) is 1. The quantitative estimate of drug-likeness (QED) is 0.651. The van der Waals surface area contributed by atoms with Crippen LogP contribution in [0.4, 0.5) is 0 Å². The molecule has 0 heterocycles. The maximum Gasteiger partial charge on any atom is 0.0693 e. The van der Waals surface area contributed by atoms with Gasteiger partial charge >= 0.3 is 0 Å². The zero-order valence-electron chi connectivity index (χ0n) is 7.92. The van der Waals surface area contributed by atoms with Crippen LogP contribution in [0.15, 0.2) is 0 Å². The zero-order chi connectivity index (χ0) is 8.97. The zero-order valence-corrected chi connectivity index (χ0v) is 7.92. The summed E-state index contributed by atoms with van der Waals surface area (Å²) < 4.78 is 5.01. The second-order valence-corrected chi connectivity index (χ2v) is 3.63. The van der Waals surface area contributed by atoms with Gasteiger partial charge in [0.15, 0.2) is 0 Å². The van der Waals surface area contributed by atoms with E-state index in [-0.39, 0.29) is 12.1 Å². The molecule has 3 nitrogen and oxygen atoms in total. The minimum Gasteiger partial charge on any atom is -0.392 e. The molecule has 72 valence electrons. The van der Waals surface area contributed by atoms with E-state index in [0.29, 0.717) is 12.6 Å². The highest BCUT2D eigenvalue weighted by Gasteiger charge is 2.25. The van der Waals surface area contributed by atoms with Crippen molar-refractivity contribution in [2.24, 2.45) is 0 Å². The lowest BCUT2D eigenvalue weighted by Crippen LogP contribution is -2.43. The Hall–Kier alpha value is -0.120. The fourth-order valence-corrected chi connectivity index (χ4v) is 1.80. The van der Waals surface area contributed by atoms with E-state index in [1.807, 2.05) is 0 Å². The molecule has 0 spiro atoms. The van der Waals surface area contributed by atoms with Crippen LogP contribution in [-0.2, 0) is 4.74 Å². The molecule has 0 aromatic carbocycles. The molecule has 1 rings (SSSR count). The van der Waals surface area contributed by atoms with Gasteiger partial charge < -0.3 is 15.2 Å². The Kier molecular flexibility index (Phi) is 3.98. The molecule has 0 bridgehead atoms. The van der Waals surface area contributed by atoms with Crippen LogP contribution in [0.5, 0.6) is 0 Å². The minimum atomic E-state index is -0.149. The number of aliphatic hydroxyl groups is 1. The summed E-state index contributed by atoms with van der Waals surface area (Å²) in [5.74, 6) is 0. The molecule has 1 unspecified atom stereocenters. The Morgan fingerprint density at radius 1 is 1.58 bits per heavy atom. The minimum absolute atomic E-state index is 0.149. The lowest BCUT2D eigenvalue weighted by Gasteiger charge is -2.21. The molecule has 0 radical (unpaired) electrons. The first-order valence-electron chi connectivity index (χ1n) is 4.67. The van der Waals surface area contributed by atoms with Gasteiger partial charge in [-0.25, -0.2) is 0 Å². The predicted molar refractivity (Wildman–Crippen MR) is 48.1 cm³/mol. The molecule has 12 heavy (non-hydrogen) atoms. The Balaban J connectivity index is 2.20. The maximum absolute atomic E-state index is 9.50. The van der Waals surface area contributed by atoms with E-state index in [0.717, 1.165) is 19.3 Å². The van der Waals surface area contributed by atoms with Crippen LogP contribution in [0.3, 0.4) is 0 Å². The second kappa shape index (κ2) is 4.80. The molecule has 3 atom stereocenters. The van der Waals surface area contributed by atoms with Crippen LogP contribution < -0.4 is 5.32 Å². The number of rotatable bonds is 4. The van der Waals surface area contributed by atoms with Crippen molar-refractivity contribution in [3.05, 3.63) is 0 Å². The number of methoxy groups -OCH3 is 1. The monoisotopic (exact) mass is 173 g/mol. The topological polar surface area (TPSA) is 41.5 Å². The second-order valence-electron chi connectivity index (χ2n) is 3.63. The number of nitrogens with one attached hydrogen (secondary N) is 1. The first-order valence-corrected chi connectivity index (χ1v) is 4.67. The number of hydrogen-bond donors (Lipinski definition) is 2. The van der Waals surface area contributed by atoms with Gasteiger partial charge in [0.25, 0.3) is 0 Å². The van der Waals surface area contributed by atoms with Crippen LogP contribution in [0.1, 0.15) is 26.2 Å². The highest BCUT2D eigenvalue weighted by atomic mass is 16.5. The SMILES string of the molecule is COCC(C)N[C@@H]1CCC[C@H]1O. The third kappa shape index (κ3) is 2.73. The van der Waals surface area contributed by atoms with E-state index in [1.165, 1.54) is 0 Å². The highest BCUT2D eigenvalue weighted by molar-refractivity contribution is 4.84. The molecule has 3 heteroatoms. The van der Waals surface area contributed by atoms with E-state index in [4.69, 9.17) is 4.74 Å². The van der Waals surface area contributed by atoms with Crippen molar-refractivity contribution < 1.29 is 9.84 Å². The first-order chi connectivity index (χ1) is 5.74. The molecule has 1 saturated carbocycles. The Morgan fingerprint density at radius 3 is 2.83 bits per heavy atom. The van der Waals surface area contributed by atoms with Crippen LogP contribution >= 0.6 is 0 Å². The fourth-order valence-electron chi connectivity index (χ4n) is 1.80. The molecule has 1 aliphatic rings. The summed E-state index contributed by atoms with van der Waals surface area (Å²) in [7, 11) is 1.70. The standard InChI is InChI=1S/C9H19NO2/c1-7(6-12-2)10-8-4-3-5-9(8)11/h7-11H,3-6H2,1-2H3/t7?,8-,9-/m1/s1. The van der Waals surface area contributed by atoms with Crippen molar-refractivity contribution in [3.8, 4) is 0 Å².